The lowest BCUT2D eigenvalue weighted by Gasteiger charge is -1.93. The van der Waals surface area contributed by atoms with Gasteiger partial charge in [-0.3, -0.25) is 0 Å². The SMILES string of the molecule is O=C(O)N[C@@H]1CC12CC2. The topological polar surface area (TPSA) is 49.3 Å². The van der Waals surface area contributed by atoms with Gasteiger partial charge < -0.3 is 10.4 Å². The first-order valence-corrected chi connectivity index (χ1v) is 3.22. The molecule has 2 fully saturated rings. The second kappa shape index (κ2) is 1.23. The summed E-state index contributed by atoms with van der Waals surface area (Å²) in [5.74, 6) is 0. The van der Waals surface area contributed by atoms with Crippen LogP contribution in [0.3, 0.4) is 0 Å². The lowest BCUT2D eigenvalue weighted by Crippen LogP contribution is -2.24. The molecular formula is C6H9NO2. The summed E-state index contributed by atoms with van der Waals surface area (Å²) in [5, 5.41) is 10.8. The first kappa shape index (κ1) is 5.09. The van der Waals surface area contributed by atoms with Crippen LogP contribution in [0.25, 0.3) is 0 Å². The van der Waals surface area contributed by atoms with Crippen molar-refractivity contribution in [1.82, 2.24) is 5.32 Å². The third-order valence-corrected chi connectivity index (χ3v) is 2.38. The van der Waals surface area contributed by atoms with E-state index < -0.39 is 6.09 Å². The number of rotatable bonds is 1. The van der Waals surface area contributed by atoms with Gasteiger partial charge in [0.05, 0.1) is 0 Å². The van der Waals surface area contributed by atoms with Crippen LogP contribution in [0.1, 0.15) is 19.3 Å². The summed E-state index contributed by atoms with van der Waals surface area (Å²) in [6, 6.07) is 0.301. The summed E-state index contributed by atoms with van der Waals surface area (Å²) in [6.07, 6.45) is 2.68. The minimum atomic E-state index is -0.872. The molecule has 0 heterocycles. The molecule has 50 valence electrons. The number of hydrogen-bond donors (Lipinski definition) is 2. The zero-order valence-corrected chi connectivity index (χ0v) is 5.05. The zero-order valence-electron chi connectivity index (χ0n) is 5.05. The Hall–Kier alpha value is -0.730. The van der Waals surface area contributed by atoms with Gasteiger partial charge in [-0.15, -0.1) is 0 Å². The Balaban J connectivity index is 1.84. The highest BCUT2D eigenvalue weighted by Crippen LogP contribution is 2.65. The van der Waals surface area contributed by atoms with E-state index in [1.54, 1.807) is 0 Å². The maximum atomic E-state index is 10.1. The molecule has 1 atom stereocenters. The van der Waals surface area contributed by atoms with Crippen LogP contribution in [0.15, 0.2) is 0 Å². The van der Waals surface area contributed by atoms with Crippen molar-refractivity contribution in [3.8, 4) is 0 Å². The Morgan fingerprint density at radius 2 is 2.33 bits per heavy atom. The maximum absolute atomic E-state index is 10.1. The molecular weight excluding hydrogens is 118 g/mol. The van der Waals surface area contributed by atoms with Crippen LogP contribution < -0.4 is 5.32 Å². The quantitative estimate of drug-likeness (QED) is 0.547. The van der Waals surface area contributed by atoms with Crippen molar-refractivity contribution in [3.05, 3.63) is 0 Å². The summed E-state index contributed by atoms with van der Waals surface area (Å²) in [7, 11) is 0. The average Bonchev–Trinajstić information content (AvgIpc) is 2.54. The van der Waals surface area contributed by atoms with Crippen molar-refractivity contribution in [2.75, 3.05) is 0 Å². The highest BCUT2D eigenvalue weighted by molar-refractivity contribution is 5.66. The van der Waals surface area contributed by atoms with Crippen LogP contribution in [-0.2, 0) is 0 Å². The molecule has 2 saturated carbocycles. The fourth-order valence-corrected chi connectivity index (χ4v) is 1.41. The molecule has 2 aliphatic carbocycles. The van der Waals surface area contributed by atoms with Crippen LogP contribution in [0, 0.1) is 5.41 Å². The second-order valence-electron chi connectivity index (χ2n) is 3.07. The molecule has 0 unspecified atom stereocenters. The van der Waals surface area contributed by atoms with Crippen molar-refractivity contribution < 1.29 is 9.90 Å². The van der Waals surface area contributed by atoms with E-state index >= 15 is 0 Å². The number of carbonyl (C=O) groups is 1. The molecule has 1 spiro atoms. The molecule has 0 aromatic heterocycles. The van der Waals surface area contributed by atoms with Crippen LogP contribution >= 0.6 is 0 Å². The predicted molar refractivity (Wildman–Crippen MR) is 31.2 cm³/mol. The number of carboxylic acid groups (broad SMARTS) is 1. The van der Waals surface area contributed by atoms with Crippen molar-refractivity contribution in [3.63, 3.8) is 0 Å². The number of nitrogens with one attached hydrogen (secondary N) is 1. The second-order valence-corrected chi connectivity index (χ2v) is 3.07. The Bertz CT molecular complexity index is 162. The molecule has 0 aromatic carbocycles. The van der Waals surface area contributed by atoms with Crippen molar-refractivity contribution in [2.24, 2.45) is 5.41 Å². The Morgan fingerprint density at radius 3 is 2.67 bits per heavy atom. The minimum Gasteiger partial charge on any atom is -0.465 e. The third-order valence-electron chi connectivity index (χ3n) is 2.38. The van der Waals surface area contributed by atoms with E-state index in [4.69, 9.17) is 5.11 Å². The third kappa shape index (κ3) is 0.677. The van der Waals surface area contributed by atoms with Gasteiger partial charge in [-0.25, -0.2) is 4.79 Å². The highest BCUT2D eigenvalue weighted by Gasteiger charge is 2.63. The molecule has 0 bridgehead atoms. The van der Waals surface area contributed by atoms with E-state index in [0.717, 1.165) is 6.42 Å². The maximum Gasteiger partial charge on any atom is 0.404 e. The average molecular weight is 127 g/mol. The summed E-state index contributed by atoms with van der Waals surface area (Å²) in [6.45, 7) is 0. The van der Waals surface area contributed by atoms with E-state index in [2.05, 4.69) is 5.32 Å². The largest absolute Gasteiger partial charge is 0.465 e. The molecule has 0 radical (unpaired) electrons. The van der Waals surface area contributed by atoms with Crippen molar-refractivity contribution in [1.29, 1.82) is 0 Å². The van der Waals surface area contributed by atoms with Crippen LogP contribution in [0.5, 0.6) is 0 Å². The molecule has 0 aliphatic heterocycles. The lowest BCUT2D eigenvalue weighted by atomic mass is 10.4. The lowest BCUT2D eigenvalue weighted by molar-refractivity contribution is 0.193. The molecule has 2 N–H and O–H groups in total. The van der Waals surface area contributed by atoms with Crippen molar-refractivity contribution >= 4 is 6.09 Å². The fraction of sp³-hybridized carbons (Fsp3) is 0.833. The smallest absolute Gasteiger partial charge is 0.404 e. The van der Waals surface area contributed by atoms with Gasteiger partial charge in [-0.05, 0) is 24.7 Å². The molecule has 0 saturated heterocycles. The van der Waals surface area contributed by atoms with Gasteiger partial charge >= 0.3 is 6.09 Å². The predicted octanol–water partition coefficient (Wildman–Crippen LogP) is 0.806. The summed E-state index contributed by atoms with van der Waals surface area (Å²) >= 11 is 0. The minimum absolute atomic E-state index is 0.301. The van der Waals surface area contributed by atoms with Crippen molar-refractivity contribution in [2.45, 2.75) is 25.3 Å². The van der Waals surface area contributed by atoms with Gasteiger partial charge in [-0.1, -0.05) is 0 Å². The molecule has 3 nitrogen and oxygen atoms in total. The monoisotopic (exact) mass is 127 g/mol. The zero-order chi connectivity index (χ0) is 6.48. The van der Waals surface area contributed by atoms with E-state index in [1.807, 2.05) is 0 Å². The van der Waals surface area contributed by atoms with E-state index in [1.165, 1.54) is 12.8 Å². The van der Waals surface area contributed by atoms with E-state index in [-0.39, 0.29) is 0 Å². The molecule has 2 aliphatic rings. The summed E-state index contributed by atoms with van der Waals surface area (Å²) in [5.41, 5.74) is 0.457. The standard InChI is InChI=1S/C6H9NO2/c8-5(9)7-4-3-6(4)1-2-6/h4,7H,1-3H2,(H,8,9)/t4-/m1/s1. The van der Waals surface area contributed by atoms with Crippen LogP contribution in [0.4, 0.5) is 4.79 Å². The fourth-order valence-electron chi connectivity index (χ4n) is 1.41. The number of amides is 1. The summed E-state index contributed by atoms with van der Waals surface area (Å²) < 4.78 is 0. The van der Waals surface area contributed by atoms with E-state index in [9.17, 15) is 4.79 Å². The van der Waals surface area contributed by atoms with Crippen LogP contribution in [0.2, 0.25) is 0 Å². The van der Waals surface area contributed by atoms with E-state index in [0.29, 0.717) is 11.5 Å². The molecule has 0 aromatic rings. The number of hydrogen-bond acceptors (Lipinski definition) is 1. The molecule has 2 rings (SSSR count). The first-order chi connectivity index (χ1) is 4.23. The first-order valence-electron chi connectivity index (χ1n) is 3.22. The van der Waals surface area contributed by atoms with Gasteiger partial charge in [0.15, 0.2) is 0 Å². The van der Waals surface area contributed by atoms with Gasteiger partial charge in [0.1, 0.15) is 0 Å². The molecule has 1 amide bonds. The molecule has 3 heteroatoms. The normalized spacial score (nSPS) is 34.0. The summed E-state index contributed by atoms with van der Waals surface area (Å²) in [4.78, 5) is 10.1. The Morgan fingerprint density at radius 1 is 1.67 bits per heavy atom. The van der Waals surface area contributed by atoms with Gasteiger partial charge in [0.2, 0.25) is 0 Å². The van der Waals surface area contributed by atoms with Gasteiger partial charge in [0, 0.05) is 6.04 Å². The van der Waals surface area contributed by atoms with Gasteiger partial charge in [-0.2, -0.15) is 0 Å². The Kier molecular flexibility index (Phi) is 0.693. The molecule has 9 heavy (non-hydrogen) atoms. The Labute approximate surface area is 53.1 Å². The van der Waals surface area contributed by atoms with Gasteiger partial charge in [0.25, 0.3) is 0 Å². The highest BCUT2D eigenvalue weighted by atomic mass is 16.4. The van der Waals surface area contributed by atoms with Crippen LogP contribution in [-0.4, -0.2) is 17.2 Å².